The number of hydrogen-bond acceptors (Lipinski definition) is 3. The van der Waals surface area contributed by atoms with Crippen LogP contribution in [0.15, 0.2) is 22.8 Å². The van der Waals surface area contributed by atoms with E-state index in [1.54, 1.807) is 14.2 Å². The van der Waals surface area contributed by atoms with Crippen molar-refractivity contribution in [3.63, 3.8) is 0 Å². The molecular weight excluding hydrogens is 320 g/mol. The van der Waals surface area contributed by atoms with E-state index < -0.39 is 0 Å². The Kier molecular flexibility index (Phi) is 4.70. The normalized spacial score (nSPS) is 10.7. The van der Waals surface area contributed by atoms with Crippen molar-refractivity contribution in [1.82, 2.24) is 9.55 Å². The molecule has 0 aliphatic heterocycles. The third-order valence-electron chi connectivity index (χ3n) is 3.51. The van der Waals surface area contributed by atoms with Crippen molar-refractivity contribution in [2.75, 3.05) is 14.2 Å². The van der Waals surface area contributed by atoms with E-state index >= 15 is 0 Å². The number of benzene rings is 1. The summed E-state index contributed by atoms with van der Waals surface area (Å²) in [6.45, 7) is 2.00. The Morgan fingerprint density at radius 1 is 1.20 bits per heavy atom. The summed E-state index contributed by atoms with van der Waals surface area (Å²) in [5.74, 6) is 2.68. The van der Waals surface area contributed by atoms with Crippen molar-refractivity contribution in [3.8, 4) is 11.5 Å². The summed E-state index contributed by atoms with van der Waals surface area (Å²) in [5.41, 5.74) is 2.36. The fourth-order valence-corrected chi connectivity index (χ4v) is 2.92. The summed E-state index contributed by atoms with van der Waals surface area (Å²) in [7, 11) is 5.38. The Bertz CT molecular complexity index is 608. The molecule has 5 heteroatoms. The van der Waals surface area contributed by atoms with Crippen LogP contribution in [-0.4, -0.2) is 23.8 Å². The molecule has 0 N–H and O–H groups in total. The summed E-state index contributed by atoms with van der Waals surface area (Å²) in [6.07, 6.45) is 1.80. The first-order valence-electron chi connectivity index (χ1n) is 6.45. The lowest BCUT2D eigenvalue weighted by atomic mass is 10.1. The molecule has 0 saturated carbocycles. The van der Waals surface area contributed by atoms with Crippen LogP contribution in [0.3, 0.4) is 0 Å². The highest BCUT2D eigenvalue weighted by atomic mass is 79.9. The fourth-order valence-electron chi connectivity index (χ4n) is 2.20. The van der Waals surface area contributed by atoms with Crippen LogP contribution in [0.2, 0.25) is 0 Å². The largest absolute Gasteiger partial charge is 0.497 e. The fraction of sp³-hybridized carbons (Fsp3) is 0.400. The van der Waals surface area contributed by atoms with Gasteiger partial charge in [0, 0.05) is 13.1 Å². The predicted molar refractivity (Wildman–Crippen MR) is 82.6 cm³/mol. The van der Waals surface area contributed by atoms with Crippen molar-refractivity contribution >= 4 is 15.9 Å². The van der Waals surface area contributed by atoms with Gasteiger partial charge in [-0.05, 0) is 47.3 Å². The van der Waals surface area contributed by atoms with Gasteiger partial charge in [0.15, 0.2) is 0 Å². The van der Waals surface area contributed by atoms with Crippen molar-refractivity contribution in [3.05, 3.63) is 39.9 Å². The SMILES string of the molecule is COc1ccc(CCc2c(Br)nc(C)n2C)c(OC)c1. The standard InChI is InChI=1S/C15H19BrN2O2/c1-10-17-15(16)13(18(10)2)8-6-11-5-7-12(19-3)9-14(11)20-4/h5,7,9H,6,8H2,1-4H3. The van der Waals surface area contributed by atoms with E-state index in [1.807, 2.05) is 26.1 Å². The maximum atomic E-state index is 5.43. The molecule has 20 heavy (non-hydrogen) atoms. The maximum absolute atomic E-state index is 5.43. The zero-order valence-corrected chi connectivity index (χ0v) is 13.8. The zero-order valence-electron chi connectivity index (χ0n) is 12.2. The molecule has 0 bridgehead atoms. The molecule has 0 amide bonds. The molecule has 4 nitrogen and oxygen atoms in total. The van der Waals surface area contributed by atoms with Crippen molar-refractivity contribution in [1.29, 1.82) is 0 Å². The third-order valence-corrected chi connectivity index (χ3v) is 4.15. The minimum absolute atomic E-state index is 0.808. The minimum atomic E-state index is 0.808. The Labute approximate surface area is 127 Å². The highest BCUT2D eigenvalue weighted by molar-refractivity contribution is 9.10. The average Bonchev–Trinajstić information content (AvgIpc) is 2.70. The topological polar surface area (TPSA) is 36.3 Å². The summed E-state index contributed by atoms with van der Waals surface area (Å²) in [4.78, 5) is 4.42. The smallest absolute Gasteiger partial charge is 0.127 e. The van der Waals surface area contributed by atoms with Crippen molar-refractivity contribution in [2.45, 2.75) is 19.8 Å². The number of methoxy groups -OCH3 is 2. The van der Waals surface area contributed by atoms with Gasteiger partial charge in [0.05, 0.1) is 19.9 Å². The quantitative estimate of drug-likeness (QED) is 0.839. The first kappa shape index (κ1) is 14.9. The summed E-state index contributed by atoms with van der Waals surface area (Å²) in [6, 6.07) is 5.93. The Morgan fingerprint density at radius 2 is 1.95 bits per heavy atom. The lowest BCUT2D eigenvalue weighted by Crippen LogP contribution is -2.02. The molecule has 0 spiro atoms. The molecular formula is C15H19BrN2O2. The molecule has 0 saturated heterocycles. The van der Waals surface area contributed by atoms with Gasteiger partial charge in [0.25, 0.3) is 0 Å². The van der Waals surface area contributed by atoms with Gasteiger partial charge < -0.3 is 14.0 Å². The molecule has 1 aromatic carbocycles. The number of ether oxygens (including phenoxy) is 2. The highest BCUT2D eigenvalue weighted by Crippen LogP contribution is 2.27. The van der Waals surface area contributed by atoms with E-state index in [0.29, 0.717) is 0 Å². The summed E-state index contributed by atoms with van der Waals surface area (Å²) < 4.78 is 13.7. The molecule has 108 valence electrons. The van der Waals surface area contributed by atoms with Crippen LogP contribution in [-0.2, 0) is 19.9 Å². The Balaban J connectivity index is 2.18. The van der Waals surface area contributed by atoms with Gasteiger partial charge >= 0.3 is 0 Å². The number of imidazole rings is 1. The van der Waals surface area contributed by atoms with Crippen LogP contribution in [0.1, 0.15) is 17.1 Å². The van der Waals surface area contributed by atoms with Crippen LogP contribution in [0.5, 0.6) is 11.5 Å². The van der Waals surface area contributed by atoms with Crippen molar-refractivity contribution in [2.24, 2.45) is 7.05 Å². The number of aryl methyl sites for hydroxylation is 2. The van der Waals surface area contributed by atoms with Gasteiger partial charge in [0.2, 0.25) is 0 Å². The van der Waals surface area contributed by atoms with Crippen LogP contribution in [0.25, 0.3) is 0 Å². The Morgan fingerprint density at radius 3 is 2.50 bits per heavy atom. The number of nitrogens with zero attached hydrogens (tertiary/aromatic N) is 2. The molecule has 0 fully saturated rings. The maximum Gasteiger partial charge on any atom is 0.127 e. The number of halogens is 1. The predicted octanol–water partition coefficient (Wildman–Crippen LogP) is 3.29. The van der Waals surface area contributed by atoms with Gasteiger partial charge in [-0.15, -0.1) is 0 Å². The van der Waals surface area contributed by atoms with Gasteiger partial charge in [-0.1, -0.05) is 6.07 Å². The molecule has 0 radical (unpaired) electrons. The second-order valence-electron chi connectivity index (χ2n) is 4.63. The third kappa shape index (κ3) is 2.98. The molecule has 1 heterocycles. The lowest BCUT2D eigenvalue weighted by Gasteiger charge is -2.11. The van der Waals surface area contributed by atoms with E-state index in [4.69, 9.17) is 9.47 Å². The van der Waals surface area contributed by atoms with E-state index in [0.717, 1.165) is 34.8 Å². The minimum Gasteiger partial charge on any atom is -0.497 e. The second-order valence-corrected chi connectivity index (χ2v) is 5.38. The average molecular weight is 339 g/mol. The number of hydrogen-bond donors (Lipinski definition) is 0. The first-order chi connectivity index (χ1) is 9.56. The van der Waals surface area contributed by atoms with Gasteiger partial charge in [0.1, 0.15) is 21.9 Å². The van der Waals surface area contributed by atoms with E-state index in [-0.39, 0.29) is 0 Å². The second kappa shape index (κ2) is 6.31. The molecule has 2 rings (SSSR count). The van der Waals surface area contributed by atoms with Crippen LogP contribution in [0.4, 0.5) is 0 Å². The Hall–Kier alpha value is -1.49. The van der Waals surface area contributed by atoms with E-state index in [2.05, 4.69) is 31.5 Å². The molecule has 0 unspecified atom stereocenters. The molecule has 0 aliphatic rings. The number of rotatable bonds is 5. The highest BCUT2D eigenvalue weighted by Gasteiger charge is 2.11. The summed E-state index contributed by atoms with van der Waals surface area (Å²) in [5, 5.41) is 0. The molecule has 0 aliphatic carbocycles. The van der Waals surface area contributed by atoms with E-state index in [1.165, 1.54) is 11.3 Å². The summed E-state index contributed by atoms with van der Waals surface area (Å²) >= 11 is 3.52. The lowest BCUT2D eigenvalue weighted by molar-refractivity contribution is 0.391. The van der Waals surface area contributed by atoms with Crippen LogP contribution < -0.4 is 9.47 Å². The molecule has 0 atom stereocenters. The van der Waals surface area contributed by atoms with Gasteiger partial charge in [-0.2, -0.15) is 0 Å². The monoisotopic (exact) mass is 338 g/mol. The van der Waals surface area contributed by atoms with Crippen LogP contribution >= 0.6 is 15.9 Å². The van der Waals surface area contributed by atoms with E-state index in [9.17, 15) is 0 Å². The molecule has 2 aromatic rings. The van der Waals surface area contributed by atoms with Gasteiger partial charge in [-0.25, -0.2) is 4.98 Å². The first-order valence-corrected chi connectivity index (χ1v) is 7.24. The van der Waals surface area contributed by atoms with Crippen LogP contribution in [0, 0.1) is 6.92 Å². The van der Waals surface area contributed by atoms with Gasteiger partial charge in [-0.3, -0.25) is 0 Å². The number of aromatic nitrogens is 2. The zero-order chi connectivity index (χ0) is 14.7. The van der Waals surface area contributed by atoms with Crippen molar-refractivity contribution < 1.29 is 9.47 Å². The molecule has 1 aromatic heterocycles.